The minimum atomic E-state index is 0. The van der Waals surface area contributed by atoms with Crippen molar-refractivity contribution in [1.29, 1.82) is 0 Å². The van der Waals surface area contributed by atoms with Crippen LogP contribution in [-0.4, -0.2) is 47.0 Å². The molecule has 0 saturated heterocycles. The van der Waals surface area contributed by atoms with Gasteiger partial charge in [0.25, 0.3) is 0 Å². The fraction of sp³-hybridized carbons (Fsp3) is 0.800. The number of guanidine groups is 1. The van der Waals surface area contributed by atoms with Crippen LogP contribution in [0.1, 0.15) is 38.3 Å². The Hall–Kier alpha value is -0.900. The van der Waals surface area contributed by atoms with Gasteiger partial charge in [0.15, 0.2) is 11.8 Å². The molecule has 1 aromatic rings. The minimum Gasteiger partial charge on any atom is -0.381 e. The second-order valence-electron chi connectivity index (χ2n) is 6.69. The van der Waals surface area contributed by atoms with Gasteiger partial charge in [-0.25, -0.2) is 0 Å². The molecule has 0 spiro atoms. The zero-order valence-electron chi connectivity index (χ0n) is 14.3. The van der Waals surface area contributed by atoms with Crippen molar-refractivity contribution in [2.45, 2.75) is 58.3 Å². The summed E-state index contributed by atoms with van der Waals surface area (Å²) in [6, 6.07) is 0.368. The maximum Gasteiger partial charge on any atom is 0.191 e. The van der Waals surface area contributed by atoms with E-state index in [1.54, 1.807) is 14.2 Å². The van der Waals surface area contributed by atoms with Gasteiger partial charge in [0.1, 0.15) is 5.82 Å². The molecule has 2 atom stereocenters. The van der Waals surface area contributed by atoms with Gasteiger partial charge >= 0.3 is 0 Å². The molecule has 0 bridgehead atoms. The van der Waals surface area contributed by atoms with Gasteiger partial charge in [0.2, 0.25) is 0 Å². The summed E-state index contributed by atoms with van der Waals surface area (Å²) in [7, 11) is 3.57. The van der Waals surface area contributed by atoms with Crippen LogP contribution in [0.2, 0.25) is 0 Å². The Bertz CT molecular complexity index is 570. The molecule has 2 heterocycles. The number of hydrogen-bond acceptors (Lipinski definition) is 4. The fourth-order valence-corrected chi connectivity index (χ4v) is 3.39. The quantitative estimate of drug-likeness (QED) is 0.425. The molecule has 1 aliphatic carbocycles. The van der Waals surface area contributed by atoms with E-state index in [4.69, 9.17) is 4.74 Å². The van der Waals surface area contributed by atoms with Crippen LogP contribution in [0.15, 0.2) is 4.99 Å². The Morgan fingerprint density at radius 3 is 2.87 bits per heavy atom. The lowest BCUT2D eigenvalue weighted by molar-refractivity contribution is -0.0922. The summed E-state index contributed by atoms with van der Waals surface area (Å²) in [5.74, 6) is 2.89. The third-order valence-electron chi connectivity index (χ3n) is 5.10. The normalized spacial score (nSPS) is 25.3. The molecular weight excluding hydrogens is 407 g/mol. The lowest BCUT2D eigenvalue weighted by Gasteiger charge is -2.51. The van der Waals surface area contributed by atoms with Crippen molar-refractivity contribution in [3.05, 3.63) is 11.6 Å². The minimum absolute atomic E-state index is 0. The predicted molar refractivity (Wildman–Crippen MR) is 100 cm³/mol. The van der Waals surface area contributed by atoms with Crippen LogP contribution in [0, 0.1) is 5.41 Å². The van der Waals surface area contributed by atoms with E-state index in [-0.39, 0.29) is 29.4 Å². The first-order valence-corrected chi connectivity index (χ1v) is 7.97. The van der Waals surface area contributed by atoms with Crippen molar-refractivity contribution >= 4 is 29.9 Å². The number of aliphatic imine (C=N–C) groups is 1. The predicted octanol–water partition coefficient (Wildman–Crippen LogP) is 1.32. The number of halogens is 1. The third kappa shape index (κ3) is 3.47. The van der Waals surface area contributed by atoms with Crippen LogP contribution < -0.4 is 10.6 Å². The lowest BCUT2D eigenvalue weighted by atomic mass is 9.64. The number of nitrogens with one attached hydrogen (secondary N) is 2. The smallest absolute Gasteiger partial charge is 0.191 e. The highest BCUT2D eigenvalue weighted by Gasteiger charge is 2.48. The Kier molecular flexibility index (Phi) is 5.88. The van der Waals surface area contributed by atoms with E-state index in [0.29, 0.717) is 18.7 Å². The first-order chi connectivity index (χ1) is 10.6. The van der Waals surface area contributed by atoms with Gasteiger partial charge in [0, 0.05) is 38.6 Å². The summed E-state index contributed by atoms with van der Waals surface area (Å²) in [4.78, 5) is 4.32. The zero-order valence-corrected chi connectivity index (χ0v) is 16.6. The Balaban J connectivity index is 0.00000192. The van der Waals surface area contributed by atoms with E-state index >= 15 is 0 Å². The highest BCUT2D eigenvalue weighted by molar-refractivity contribution is 14.0. The van der Waals surface area contributed by atoms with Crippen LogP contribution in [0.3, 0.4) is 0 Å². The second-order valence-corrected chi connectivity index (χ2v) is 6.69. The van der Waals surface area contributed by atoms with Crippen molar-refractivity contribution in [2.24, 2.45) is 10.4 Å². The monoisotopic (exact) mass is 434 g/mol. The molecule has 2 N–H and O–H groups in total. The van der Waals surface area contributed by atoms with Crippen molar-refractivity contribution in [2.75, 3.05) is 14.2 Å². The topological polar surface area (TPSA) is 76.4 Å². The van der Waals surface area contributed by atoms with Gasteiger partial charge in [0.05, 0.1) is 12.6 Å². The first kappa shape index (κ1) is 18.4. The average Bonchev–Trinajstić information content (AvgIpc) is 3.10. The van der Waals surface area contributed by atoms with E-state index in [0.717, 1.165) is 37.0 Å². The number of hydrogen-bond donors (Lipinski definition) is 2. The highest BCUT2D eigenvalue weighted by atomic mass is 127. The fourth-order valence-electron chi connectivity index (χ4n) is 3.39. The number of methoxy groups -OCH3 is 1. The SMILES string of the molecule is CN=C(NCc1nnc2n1CCC2)NC1CC(OC)C1(C)C.I. The molecule has 1 saturated carbocycles. The van der Waals surface area contributed by atoms with E-state index < -0.39 is 0 Å². The molecule has 2 unspecified atom stereocenters. The number of ether oxygens (including phenoxy) is 1. The molecule has 0 radical (unpaired) electrons. The maximum atomic E-state index is 5.49. The van der Waals surface area contributed by atoms with Crippen molar-refractivity contribution in [1.82, 2.24) is 25.4 Å². The highest BCUT2D eigenvalue weighted by Crippen LogP contribution is 2.42. The van der Waals surface area contributed by atoms with Crippen molar-refractivity contribution in [3.63, 3.8) is 0 Å². The van der Waals surface area contributed by atoms with Crippen LogP contribution in [0.4, 0.5) is 0 Å². The average molecular weight is 434 g/mol. The lowest BCUT2D eigenvalue weighted by Crippen LogP contribution is -2.63. The maximum absolute atomic E-state index is 5.49. The Morgan fingerprint density at radius 1 is 1.43 bits per heavy atom. The van der Waals surface area contributed by atoms with Gasteiger partial charge in [-0.15, -0.1) is 34.2 Å². The molecule has 0 aromatic carbocycles. The summed E-state index contributed by atoms with van der Waals surface area (Å²) in [6.07, 6.45) is 3.52. The van der Waals surface area contributed by atoms with Gasteiger partial charge < -0.3 is 19.9 Å². The summed E-state index contributed by atoms with van der Waals surface area (Å²) in [6.45, 7) is 6.12. The molecule has 1 aliphatic heterocycles. The van der Waals surface area contributed by atoms with Crippen LogP contribution in [0.25, 0.3) is 0 Å². The van der Waals surface area contributed by atoms with Gasteiger partial charge in [-0.1, -0.05) is 13.8 Å². The molecule has 23 heavy (non-hydrogen) atoms. The van der Waals surface area contributed by atoms with Gasteiger partial charge in [-0.05, 0) is 12.8 Å². The van der Waals surface area contributed by atoms with Crippen LogP contribution in [0.5, 0.6) is 0 Å². The first-order valence-electron chi connectivity index (χ1n) is 7.97. The number of aryl methyl sites for hydroxylation is 1. The zero-order chi connectivity index (χ0) is 15.7. The van der Waals surface area contributed by atoms with Crippen molar-refractivity contribution in [3.8, 4) is 0 Å². The largest absolute Gasteiger partial charge is 0.381 e. The summed E-state index contributed by atoms with van der Waals surface area (Å²) in [5.41, 5.74) is 0.114. The number of aromatic nitrogens is 3. The van der Waals surface area contributed by atoms with E-state index in [9.17, 15) is 0 Å². The summed E-state index contributed by atoms with van der Waals surface area (Å²) >= 11 is 0. The second kappa shape index (κ2) is 7.33. The summed E-state index contributed by atoms with van der Waals surface area (Å²) < 4.78 is 7.70. The van der Waals surface area contributed by atoms with Crippen LogP contribution >= 0.6 is 24.0 Å². The Morgan fingerprint density at radius 2 is 2.22 bits per heavy atom. The number of fused-ring (bicyclic) bond motifs is 1. The van der Waals surface area contributed by atoms with Crippen molar-refractivity contribution < 1.29 is 4.74 Å². The van der Waals surface area contributed by atoms with Gasteiger partial charge in [-0.2, -0.15) is 0 Å². The van der Waals surface area contributed by atoms with Gasteiger partial charge in [-0.3, -0.25) is 4.99 Å². The Labute approximate surface area is 154 Å². The third-order valence-corrected chi connectivity index (χ3v) is 5.10. The molecule has 1 aromatic heterocycles. The van der Waals surface area contributed by atoms with E-state index in [1.807, 2.05) is 0 Å². The van der Waals surface area contributed by atoms with E-state index in [1.165, 1.54) is 6.42 Å². The standard InChI is InChI=1S/C15H26N6O.HI/c1-15(2)10(8-11(15)22-4)18-14(16-3)17-9-13-20-19-12-6-5-7-21(12)13;/h10-11H,5-9H2,1-4H3,(H2,16,17,18);1H. The molecule has 8 heteroatoms. The molecule has 7 nitrogen and oxygen atoms in total. The summed E-state index contributed by atoms with van der Waals surface area (Å²) in [5, 5.41) is 15.3. The molecule has 3 rings (SSSR count). The molecule has 1 fully saturated rings. The molecular formula is C15H27IN6O. The van der Waals surface area contributed by atoms with E-state index in [2.05, 4.69) is 44.2 Å². The number of rotatable bonds is 4. The number of nitrogens with zero attached hydrogens (tertiary/aromatic N) is 4. The molecule has 0 amide bonds. The molecule has 2 aliphatic rings. The molecule has 130 valence electrons. The van der Waals surface area contributed by atoms with Crippen LogP contribution in [-0.2, 0) is 24.2 Å².